The fraction of sp³-hybridized carbons (Fsp3) is 0.333. The third kappa shape index (κ3) is 3.77. The molecule has 2 rings (SSSR count). The van der Waals surface area contributed by atoms with Gasteiger partial charge in [-0.1, -0.05) is 11.2 Å². The number of nitrogens with zero attached hydrogens (tertiary/aromatic N) is 3. The van der Waals surface area contributed by atoms with Crippen molar-refractivity contribution in [3.05, 3.63) is 36.1 Å². The quantitative estimate of drug-likeness (QED) is 0.801. The summed E-state index contributed by atoms with van der Waals surface area (Å²) in [6.45, 7) is 3.15. The maximum Gasteiger partial charge on any atom is 0.269 e. The summed E-state index contributed by atoms with van der Waals surface area (Å²) in [5.41, 5.74) is 0.379. The number of pyridine rings is 1. The van der Waals surface area contributed by atoms with Crippen LogP contribution in [0, 0.1) is 0 Å². The normalized spacial score (nSPS) is 10.2. The predicted molar refractivity (Wildman–Crippen MR) is 68.7 cm³/mol. The Kier molecular flexibility index (Phi) is 4.44. The van der Waals surface area contributed by atoms with Crippen molar-refractivity contribution in [1.82, 2.24) is 20.4 Å². The number of hydrogen-bond donors (Lipinski definition) is 2. The number of anilines is 1. The molecule has 19 heavy (non-hydrogen) atoms. The number of amides is 1. The second-order valence-electron chi connectivity index (χ2n) is 3.78. The summed E-state index contributed by atoms with van der Waals surface area (Å²) >= 11 is 0. The first-order valence-corrected chi connectivity index (χ1v) is 6.04. The molecule has 0 fully saturated rings. The minimum absolute atomic E-state index is 0.223. The molecule has 0 spiro atoms. The molecule has 2 heterocycles. The molecular weight excluding hydrogens is 246 g/mol. The second-order valence-corrected chi connectivity index (χ2v) is 3.78. The van der Waals surface area contributed by atoms with Crippen molar-refractivity contribution < 1.29 is 9.32 Å². The third-order valence-electron chi connectivity index (χ3n) is 2.37. The summed E-state index contributed by atoms with van der Waals surface area (Å²) in [7, 11) is 0. The molecule has 0 aliphatic rings. The molecule has 2 aromatic heterocycles. The van der Waals surface area contributed by atoms with Crippen molar-refractivity contribution in [2.75, 3.05) is 18.4 Å². The topological polar surface area (TPSA) is 92.9 Å². The van der Waals surface area contributed by atoms with Crippen LogP contribution in [-0.2, 0) is 6.42 Å². The lowest BCUT2D eigenvalue weighted by molar-refractivity contribution is 0.0948. The van der Waals surface area contributed by atoms with Crippen LogP contribution in [0.2, 0.25) is 0 Å². The van der Waals surface area contributed by atoms with Crippen LogP contribution in [0.15, 0.2) is 29.0 Å². The van der Waals surface area contributed by atoms with Gasteiger partial charge in [-0.25, -0.2) is 4.98 Å². The Bertz CT molecular complexity index is 527. The van der Waals surface area contributed by atoms with Crippen molar-refractivity contribution in [2.24, 2.45) is 0 Å². The van der Waals surface area contributed by atoms with Crippen LogP contribution in [0.3, 0.4) is 0 Å². The van der Waals surface area contributed by atoms with Crippen LogP contribution in [0.4, 0.5) is 5.82 Å². The first kappa shape index (κ1) is 13.0. The minimum atomic E-state index is -0.223. The second kappa shape index (κ2) is 6.48. The maximum absolute atomic E-state index is 11.9. The zero-order chi connectivity index (χ0) is 13.5. The molecule has 2 aromatic rings. The highest BCUT2D eigenvalue weighted by Crippen LogP contribution is 2.04. The largest absolute Gasteiger partial charge is 0.370 e. The standard InChI is InChI=1S/C12H15N5O2/c1-2-13-10-5-3-4-9(17-10)12(18)14-7-6-11-15-8-16-19-11/h3-5,8H,2,6-7H2,1H3,(H,13,17)(H,14,18). The van der Waals surface area contributed by atoms with Gasteiger partial charge < -0.3 is 15.2 Å². The number of nitrogens with one attached hydrogen (secondary N) is 2. The van der Waals surface area contributed by atoms with Gasteiger partial charge in [0.2, 0.25) is 5.89 Å². The van der Waals surface area contributed by atoms with Gasteiger partial charge in [-0.05, 0) is 19.1 Å². The van der Waals surface area contributed by atoms with E-state index in [0.29, 0.717) is 30.4 Å². The molecule has 2 N–H and O–H groups in total. The molecular formula is C12H15N5O2. The molecule has 100 valence electrons. The van der Waals surface area contributed by atoms with Gasteiger partial charge in [0.05, 0.1) is 0 Å². The van der Waals surface area contributed by atoms with Gasteiger partial charge in [0, 0.05) is 19.5 Å². The molecule has 7 nitrogen and oxygen atoms in total. The van der Waals surface area contributed by atoms with E-state index in [1.165, 1.54) is 6.33 Å². The van der Waals surface area contributed by atoms with E-state index in [4.69, 9.17) is 4.52 Å². The van der Waals surface area contributed by atoms with E-state index in [-0.39, 0.29) is 5.91 Å². The molecule has 0 aliphatic heterocycles. The average molecular weight is 261 g/mol. The fourth-order valence-electron chi connectivity index (χ4n) is 1.52. The fourth-order valence-corrected chi connectivity index (χ4v) is 1.52. The van der Waals surface area contributed by atoms with Crippen LogP contribution >= 0.6 is 0 Å². The summed E-state index contributed by atoms with van der Waals surface area (Å²) in [6.07, 6.45) is 1.83. The summed E-state index contributed by atoms with van der Waals surface area (Å²) < 4.78 is 4.83. The summed E-state index contributed by atoms with van der Waals surface area (Å²) in [5, 5.41) is 9.30. The van der Waals surface area contributed by atoms with Crippen LogP contribution < -0.4 is 10.6 Å². The average Bonchev–Trinajstić information content (AvgIpc) is 2.92. The molecule has 1 amide bonds. The molecule has 0 atom stereocenters. The van der Waals surface area contributed by atoms with E-state index in [9.17, 15) is 4.79 Å². The monoisotopic (exact) mass is 261 g/mol. The Morgan fingerprint density at radius 1 is 1.42 bits per heavy atom. The summed E-state index contributed by atoms with van der Waals surface area (Å²) in [5.74, 6) is 0.959. The van der Waals surface area contributed by atoms with E-state index >= 15 is 0 Å². The van der Waals surface area contributed by atoms with Crippen LogP contribution in [-0.4, -0.2) is 34.1 Å². The van der Waals surface area contributed by atoms with Gasteiger partial charge in [-0.3, -0.25) is 4.79 Å². The highest BCUT2D eigenvalue weighted by atomic mass is 16.5. The minimum Gasteiger partial charge on any atom is -0.370 e. The molecule has 0 saturated carbocycles. The Balaban J connectivity index is 1.87. The van der Waals surface area contributed by atoms with E-state index in [1.54, 1.807) is 12.1 Å². The molecule has 0 saturated heterocycles. The molecule has 7 heteroatoms. The number of aromatic nitrogens is 3. The molecule has 0 radical (unpaired) electrons. The van der Waals surface area contributed by atoms with E-state index in [0.717, 1.165) is 6.54 Å². The van der Waals surface area contributed by atoms with Crippen LogP contribution in [0.5, 0.6) is 0 Å². The highest BCUT2D eigenvalue weighted by molar-refractivity contribution is 5.92. The molecule has 0 unspecified atom stereocenters. The lowest BCUT2D eigenvalue weighted by atomic mass is 10.3. The predicted octanol–water partition coefficient (Wildman–Crippen LogP) is 0.869. The van der Waals surface area contributed by atoms with E-state index < -0.39 is 0 Å². The van der Waals surface area contributed by atoms with Crippen molar-refractivity contribution >= 4 is 11.7 Å². The summed E-state index contributed by atoms with van der Waals surface area (Å²) in [6, 6.07) is 5.28. The number of carbonyl (C=O) groups excluding carboxylic acids is 1. The van der Waals surface area contributed by atoms with Gasteiger partial charge in [-0.2, -0.15) is 4.98 Å². The summed E-state index contributed by atoms with van der Waals surface area (Å²) in [4.78, 5) is 19.9. The SMILES string of the molecule is CCNc1cccc(C(=O)NCCc2ncno2)n1. The van der Waals surface area contributed by atoms with Crippen LogP contribution in [0.25, 0.3) is 0 Å². The first-order chi connectivity index (χ1) is 9.29. The zero-order valence-electron chi connectivity index (χ0n) is 10.6. The number of hydrogen-bond acceptors (Lipinski definition) is 6. The lowest BCUT2D eigenvalue weighted by Gasteiger charge is -2.05. The van der Waals surface area contributed by atoms with Crippen LogP contribution in [0.1, 0.15) is 23.3 Å². The van der Waals surface area contributed by atoms with E-state index in [1.807, 2.05) is 13.0 Å². The Morgan fingerprint density at radius 2 is 2.32 bits per heavy atom. The molecule has 0 bridgehead atoms. The lowest BCUT2D eigenvalue weighted by Crippen LogP contribution is -2.26. The molecule has 0 aromatic carbocycles. The van der Waals surface area contributed by atoms with Gasteiger partial charge in [0.1, 0.15) is 11.5 Å². The van der Waals surface area contributed by atoms with Crippen molar-refractivity contribution in [1.29, 1.82) is 0 Å². The Morgan fingerprint density at radius 3 is 3.05 bits per heavy atom. The maximum atomic E-state index is 11.9. The Hall–Kier alpha value is -2.44. The first-order valence-electron chi connectivity index (χ1n) is 6.04. The third-order valence-corrected chi connectivity index (χ3v) is 2.37. The van der Waals surface area contributed by atoms with Gasteiger partial charge in [-0.15, -0.1) is 0 Å². The van der Waals surface area contributed by atoms with Crippen molar-refractivity contribution in [3.63, 3.8) is 0 Å². The highest BCUT2D eigenvalue weighted by Gasteiger charge is 2.08. The van der Waals surface area contributed by atoms with Gasteiger partial charge in [0.25, 0.3) is 5.91 Å². The van der Waals surface area contributed by atoms with Gasteiger partial charge in [0.15, 0.2) is 6.33 Å². The zero-order valence-corrected chi connectivity index (χ0v) is 10.6. The number of carbonyl (C=O) groups is 1. The molecule has 0 aliphatic carbocycles. The van der Waals surface area contributed by atoms with Crippen molar-refractivity contribution in [2.45, 2.75) is 13.3 Å². The van der Waals surface area contributed by atoms with Gasteiger partial charge >= 0.3 is 0 Å². The Labute approximate surface area is 110 Å². The smallest absolute Gasteiger partial charge is 0.269 e. The number of rotatable bonds is 6. The van der Waals surface area contributed by atoms with E-state index in [2.05, 4.69) is 25.8 Å². The van der Waals surface area contributed by atoms with Crippen molar-refractivity contribution in [3.8, 4) is 0 Å².